The van der Waals surface area contributed by atoms with Gasteiger partial charge in [0.2, 0.25) is 0 Å². The largest absolute Gasteiger partial charge is 0.468 e. The Labute approximate surface area is 109 Å². The first-order chi connectivity index (χ1) is 8.75. The third kappa shape index (κ3) is 4.12. The minimum absolute atomic E-state index is 0.286. The van der Waals surface area contributed by atoms with Crippen molar-refractivity contribution in [2.45, 2.75) is 52.0 Å². The maximum absolute atomic E-state index is 5.70. The molecule has 1 saturated heterocycles. The van der Waals surface area contributed by atoms with Crippen LogP contribution in [0.4, 0.5) is 0 Å². The smallest absolute Gasteiger partial charge is 0.123 e. The lowest BCUT2D eigenvalue weighted by atomic mass is 10.2. The van der Waals surface area contributed by atoms with Crippen LogP contribution in [0, 0.1) is 0 Å². The van der Waals surface area contributed by atoms with E-state index in [4.69, 9.17) is 13.9 Å². The third-order valence-electron chi connectivity index (χ3n) is 3.09. The van der Waals surface area contributed by atoms with Gasteiger partial charge in [0.1, 0.15) is 5.76 Å². The van der Waals surface area contributed by atoms with Gasteiger partial charge in [0.15, 0.2) is 0 Å². The molecule has 1 aliphatic rings. The predicted octanol–water partition coefficient (Wildman–Crippen LogP) is 2.47. The molecule has 1 aromatic heterocycles. The molecule has 102 valence electrons. The van der Waals surface area contributed by atoms with Crippen LogP contribution >= 0.6 is 0 Å². The molecule has 1 unspecified atom stereocenters. The zero-order valence-electron chi connectivity index (χ0n) is 11.3. The molecule has 0 bridgehead atoms. The second kappa shape index (κ2) is 6.92. The van der Waals surface area contributed by atoms with E-state index in [1.54, 1.807) is 6.26 Å². The van der Waals surface area contributed by atoms with Crippen molar-refractivity contribution >= 4 is 0 Å². The Morgan fingerprint density at radius 3 is 3.11 bits per heavy atom. The Kier molecular flexibility index (Phi) is 5.23. The second-order valence-electron chi connectivity index (χ2n) is 5.05. The van der Waals surface area contributed by atoms with Gasteiger partial charge in [0.25, 0.3) is 0 Å². The van der Waals surface area contributed by atoms with E-state index in [0.29, 0.717) is 19.3 Å². The monoisotopic (exact) mass is 253 g/mol. The standard InChI is InChI=1S/C14H23NO3/c1-11(2)15-8-14-12(5-7-18-14)9-16-10-13-4-3-6-17-13/h5,7,11,13,15H,3-4,6,8-10H2,1-2H3. The lowest BCUT2D eigenvalue weighted by molar-refractivity contribution is 0.0102. The highest BCUT2D eigenvalue weighted by Crippen LogP contribution is 2.15. The van der Waals surface area contributed by atoms with Crippen LogP contribution < -0.4 is 5.32 Å². The van der Waals surface area contributed by atoms with E-state index in [9.17, 15) is 0 Å². The van der Waals surface area contributed by atoms with Gasteiger partial charge in [-0.3, -0.25) is 0 Å². The number of hydrogen-bond acceptors (Lipinski definition) is 4. The topological polar surface area (TPSA) is 43.6 Å². The van der Waals surface area contributed by atoms with Gasteiger partial charge in [-0.25, -0.2) is 0 Å². The van der Waals surface area contributed by atoms with Gasteiger partial charge in [-0.05, 0) is 18.9 Å². The highest BCUT2D eigenvalue weighted by molar-refractivity contribution is 5.15. The van der Waals surface area contributed by atoms with Crippen molar-refractivity contribution in [2.24, 2.45) is 0 Å². The highest BCUT2D eigenvalue weighted by atomic mass is 16.5. The molecular weight excluding hydrogens is 230 g/mol. The summed E-state index contributed by atoms with van der Waals surface area (Å²) in [4.78, 5) is 0. The quantitative estimate of drug-likeness (QED) is 0.810. The first-order valence-electron chi connectivity index (χ1n) is 6.73. The molecule has 0 radical (unpaired) electrons. The van der Waals surface area contributed by atoms with E-state index in [2.05, 4.69) is 19.2 Å². The maximum atomic E-state index is 5.70. The fourth-order valence-corrected chi connectivity index (χ4v) is 2.02. The molecule has 1 atom stereocenters. The summed E-state index contributed by atoms with van der Waals surface area (Å²) in [5.41, 5.74) is 1.13. The molecule has 18 heavy (non-hydrogen) atoms. The van der Waals surface area contributed by atoms with Gasteiger partial charge in [0.05, 0.1) is 32.1 Å². The van der Waals surface area contributed by atoms with Crippen molar-refractivity contribution in [3.63, 3.8) is 0 Å². The summed E-state index contributed by atoms with van der Waals surface area (Å²) in [6.45, 7) is 7.16. The summed E-state index contributed by atoms with van der Waals surface area (Å²) in [5.74, 6) is 0.969. The minimum atomic E-state index is 0.286. The fraction of sp³-hybridized carbons (Fsp3) is 0.714. The molecule has 1 fully saturated rings. The Hall–Kier alpha value is -0.840. The molecule has 1 N–H and O–H groups in total. The first-order valence-corrected chi connectivity index (χ1v) is 6.73. The Morgan fingerprint density at radius 2 is 2.39 bits per heavy atom. The van der Waals surface area contributed by atoms with Gasteiger partial charge in [-0.15, -0.1) is 0 Å². The molecule has 4 nitrogen and oxygen atoms in total. The van der Waals surface area contributed by atoms with Crippen LogP contribution in [-0.4, -0.2) is 25.4 Å². The van der Waals surface area contributed by atoms with Crippen molar-refractivity contribution < 1.29 is 13.9 Å². The number of ether oxygens (including phenoxy) is 2. The summed E-state index contributed by atoms with van der Waals surface area (Å²) in [6.07, 6.45) is 4.28. The number of rotatable bonds is 7. The van der Waals surface area contributed by atoms with Crippen LogP contribution in [0.3, 0.4) is 0 Å². The zero-order valence-corrected chi connectivity index (χ0v) is 11.3. The molecule has 0 aliphatic carbocycles. The van der Waals surface area contributed by atoms with Crippen LogP contribution in [0.15, 0.2) is 16.7 Å². The summed E-state index contributed by atoms with van der Waals surface area (Å²) in [6, 6.07) is 2.43. The number of hydrogen-bond donors (Lipinski definition) is 1. The molecule has 1 aromatic rings. The lowest BCUT2D eigenvalue weighted by Gasteiger charge is -2.11. The minimum Gasteiger partial charge on any atom is -0.468 e. The van der Waals surface area contributed by atoms with Gasteiger partial charge in [0, 0.05) is 18.2 Å². The van der Waals surface area contributed by atoms with E-state index in [1.165, 1.54) is 0 Å². The normalized spacial score (nSPS) is 19.8. The predicted molar refractivity (Wildman–Crippen MR) is 69.3 cm³/mol. The summed E-state index contributed by atoms with van der Waals surface area (Å²) >= 11 is 0. The van der Waals surface area contributed by atoms with Crippen molar-refractivity contribution in [1.82, 2.24) is 5.32 Å². The lowest BCUT2D eigenvalue weighted by Crippen LogP contribution is -2.22. The van der Waals surface area contributed by atoms with E-state index in [0.717, 1.165) is 37.3 Å². The fourth-order valence-electron chi connectivity index (χ4n) is 2.02. The summed E-state index contributed by atoms with van der Waals surface area (Å²) in [7, 11) is 0. The summed E-state index contributed by atoms with van der Waals surface area (Å²) < 4.78 is 16.7. The molecule has 0 spiro atoms. The highest BCUT2D eigenvalue weighted by Gasteiger charge is 2.16. The zero-order chi connectivity index (χ0) is 12.8. The maximum Gasteiger partial charge on any atom is 0.123 e. The van der Waals surface area contributed by atoms with Gasteiger partial charge < -0.3 is 19.2 Å². The number of nitrogens with one attached hydrogen (secondary N) is 1. The van der Waals surface area contributed by atoms with Crippen LogP contribution in [0.2, 0.25) is 0 Å². The number of furan rings is 1. The molecule has 0 amide bonds. The average molecular weight is 253 g/mol. The Balaban J connectivity index is 1.72. The van der Waals surface area contributed by atoms with Gasteiger partial charge in [-0.2, -0.15) is 0 Å². The van der Waals surface area contributed by atoms with Crippen molar-refractivity contribution in [1.29, 1.82) is 0 Å². The Bertz CT molecular complexity index is 343. The molecule has 2 rings (SSSR count). The first kappa shape index (κ1) is 13.6. The third-order valence-corrected chi connectivity index (χ3v) is 3.09. The van der Waals surface area contributed by atoms with E-state index >= 15 is 0 Å². The van der Waals surface area contributed by atoms with E-state index in [1.807, 2.05) is 6.07 Å². The molecular formula is C14H23NO3. The molecule has 1 aliphatic heterocycles. The molecule has 4 heteroatoms. The van der Waals surface area contributed by atoms with Crippen LogP contribution in [-0.2, 0) is 22.6 Å². The van der Waals surface area contributed by atoms with E-state index in [-0.39, 0.29) is 6.10 Å². The van der Waals surface area contributed by atoms with Crippen molar-refractivity contribution in [3.8, 4) is 0 Å². The summed E-state index contributed by atoms with van der Waals surface area (Å²) in [5, 5.41) is 3.35. The van der Waals surface area contributed by atoms with Gasteiger partial charge >= 0.3 is 0 Å². The van der Waals surface area contributed by atoms with Gasteiger partial charge in [-0.1, -0.05) is 13.8 Å². The van der Waals surface area contributed by atoms with Crippen molar-refractivity contribution in [3.05, 3.63) is 23.7 Å². The Morgan fingerprint density at radius 1 is 1.50 bits per heavy atom. The van der Waals surface area contributed by atoms with Crippen LogP contribution in [0.25, 0.3) is 0 Å². The molecule has 2 heterocycles. The molecule has 0 aromatic carbocycles. The van der Waals surface area contributed by atoms with E-state index < -0.39 is 0 Å². The molecule has 0 saturated carbocycles. The average Bonchev–Trinajstić information content (AvgIpc) is 2.97. The SMILES string of the molecule is CC(C)NCc1occc1COCC1CCCO1. The second-order valence-corrected chi connectivity index (χ2v) is 5.05. The van der Waals surface area contributed by atoms with Crippen LogP contribution in [0.1, 0.15) is 38.0 Å². The van der Waals surface area contributed by atoms with Crippen LogP contribution in [0.5, 0.6) is 0 Å². The van der Waals surface area contributed by atoms with Crippen molar-refractivity contribution in [2.75, 3.05) is 13.2 Å².